The first-order valence-corrected chi connectivity index (χ1v) is 9.35. The summed E-state index contributed by atoms with van der Waals surface area (Å²) in [6.07, 6.45) is 8.67. The van der Waals surface area contributed by atoms with E-state index in [-0.39, 0.29) is 11.8 Å². The highest BCUT2D eigenvalue weighted by Crippen LogP contribution is 2.32. The number of imidazole rings is 1. The predicted octanol–water partition coefficient (Wildman–Crippen LogP) is 2.51. The first kappa shape index (κ1) is 15.8. The highest BCUT2D eigenvalue weighted by molar-refractivity contribution is 7.15. The van der Waals surface area contributed by atoms with Gasteiger partial charge in [-0.15, -0.1) is 11.3 Å². The van der Waals surface area contributed by atoms with Gasteiger partial charge >= 0.3 is 0 Å². The van der Waals surface area contributed by atoms with Crippen molar-refractivity contribution >= 4 is 22.4 Å². The zero-order chi connectivity index (χ0) is 16.5. The van der Waals surface area contributed by atoms with Gasteiger partial charge < -0.3 is 14.6 Å². The van der Waals surface area contributed by atoms with Gasteiger partial charge in [0, 0.05) is 37.0 Å². The number of aromatic nitrogens is 3. The molecule has 0 bridgehead atoms. The Labute approximate surface area is 145 Å². The summed E-state index contributed by atoms with van der Waals surface area (Å²) in [7, 11) is 1.99. The van der Waals surface area contributed by atoms with E-state index in [0.29, 0.717) is 11.0 Å². The minimum Gasteiger partial charge on any atom is -0.381 e. The van der Waals surface area contributed by atoms with E-state index in [2.05, 4.69) is 15.3 Å². The fourth-order valence-electron chi connectivity index (χ4n) is 3.62. The van der Waals surface area contributed by atoms with Crippen molar-refractivity contribution in [1.29, 1.82) is 0 Å². The number of anilines is 1. The Morgan fingerprint density at radius 2 is 2.38 bits per heavy atom. The fraction of sp³-hybridized carbons (Fsp3) is 0.588. The van der Waals surface area contributed by atoms with Gasteiger partial charge in [0.15, 0.2) is 5.13 Å². The molecule has 1 fully saturated rings. The van der Waals surface area contributed by atoms with E-state index >= 15 is 0 Å². The van der Waals surface area contributed by atoms with Crippen LogP contribution in [0.5, 0.6) is 0 Å². The van der Waals surface area contributed by atoms with Crippen molar-refractivity contribution in [1.82, 2.24) is 14.5 Å². The molecule has 7 heteroatoms. The quantitative estimate of drug-likeness (QED) is 0.923. The summed E-state index contributed by atoms with van der Waals surface area (Å²) in [5, 5.41) is 3.69. The zero-order valence-electron chi connectivity index (χ0n) is 13.8. The van der Waals surface area contributed by atoms with Gasteiger partial charge in [-0.1, -0.05) is 0 Å². The van der Waals surface area contributed by atoms with Crippen LogP contribution < -0.4 is 5.32 Å². The third-order valence-electron chi connectivity index (χ3n) is 4.94. The molecule has 2 atom stereocenters. The molecule has 0 spiro atoms. The average molecular weight is 346 g/mol. The molecule has 1 saturated heterocycles. The van der Waals surface area contributed by atoms with Crippen LogP contribution in [0, 0.1) is 5.92 Å². The van der Waals surface area contributed by atoms with Crippen LogP contribution in [0.4, 0.5) is 5.13 Å². The van der Waals surface area contributed by atoms with Gasteiger partial charge in [0.05, 0.1) is 17.9 Å². The molecule has 0 saturated carbocycles. The summed E-state index contributed by atoms with van der Waals surface area (Å²) in [6.45, 7) is 1.70. The standard InChI is InChI=1S/C17H22N4O2S/c1-21-10-19-15-13(3-2-4-14(15)21)16(22)20-17-18-8-12(24-17)7-11-5-6-23-9-11/h8,10-11,13H,2-7,9H2,1H3,(H,18,20,22). The lowest BCUT2D eigenvalue weighted by atomic mass is 9.89. The van der Waals surface area contributed by atoms with Crippen molar-refractivity contribution < 1.29 is 9.53 Å². The van der Waals surface area contributed by atoms with Crippen molar-refractivity contribution in [2.24, 2.45) is 13.0 Å². The average Bonchev–Trinajstić information content (AvgIpc) is 3.31. The number of carbonyl (C=O) groups is 1. The van der Waals surface area contributed by atoms with Gasteiger partial charge in [0.1, 0.15) is 0 Å². The van der Waals surface area contributed by atoms with Gasteiger partial charge in [0.25, 0.3) is 0 Å². The van der Waals surface area contributed by atoms with Crippen molar-refractivity contribution in [2.75, 3.05) is 18.5 Å². The van der Waals surface area contributed by atoms with Crippen LogP contribution in [-0.2, 0) is 29.4 Å². The molecule has 1 aliphatic heterocycles. The number of rotatable bonds is 4. The molecule has 2 aliphatic rings. The largest absolute Gasteiger partial charge is 0.381 e. The van der Waals surface area contributed by atoms with E-state index in [0.717, 1.165) is 51.0 Å². The van der Waals surface area contributed by atoms with Gasteiger partial charge in [-0.25, -0.2) is 9.97 Å². The SMILES string of the molecule is Cn1cnc2c1CCCC2C(=O)Nc1ncc(CC2CCOC2)s1. The Hall–Kier alpha value is -1.73. The van der Waals surface area contributed by atoms with Gasteiger partial charge in [-0.3, -0.25) is 4.79 Å². The number of carbonyl (C=O) groups excluding carboxylic acids is 1. The molecule has 6 nitrogen and oxygen atoms in total. The molecular formula is C17H22N4O2S. The zero-order valence-corrected chi connectivity index (χ0v) is 14.6. The molecule has 2 aromatic heterocycles. The third kappa shape index (κ3) is 3.10. The van der Waals surface area contributed by atoms with Crippen LogP contribution in [-0.4, -0.2) is 33.7 Å². The number of aryl methyl sites for hydroxylation is 1. The van der Waals surface area contributed by atoms with E-state index in [1.165, 1.54) is 10.6 Å². The van der Waals surface area contributed by atoms with E-state index in [1.54, 1.807) is 17.7 Å². The Bertz CT molecular complexity index is 733. The molecule has 0 aromatic carbocycles. The number of hydrogen-bond donors (Lipinski definition) is 1. The van der Waals surface area contributed by atoms with Crippen molar-refractivity contribution in [3.05, 3.63) is 28.8 Å². The van der Waals surface area contributed by atoms with Gasteiger partial charge in [-0.05, 0) is 38.0 Å². The van der Waals surface area contributed by atoms with Crippen molar-refractivity contribution in [3.63, 3.8) is 0 Å². The highest BCUT2D eigenvalue weighted by atomic mass is 32.1. The maximum Gasteiger partial charge on any atom is 0.235 e. The summed E-state index contributed by atoms with van der Waals surface area (Å²) < 4.78 is 7.45. The molecule has 24 heavy (non-hydrogen) atoms. The maximum absolute atomic E-state index is 12.7. The minimum atomic E-state index is -0.162. The lowest BCUT2D eigenvalue weighted by Gasteiger charge is -2.20. The molecule has 128 valence electrons. The molecule has 0 radical (unpaired) electrons. The first-order valence-electron chi connectivity index (χ1n) is 8.54. The van der Waals surface area contributed by atoms with Crippen molar-refractivity contribution in [2.45, 2.75) is 38.0 Å². The normalized spacial score (nSPS) is 23.2. The van der Waals surface area contributed by atoms with E-state index in [4.69, 9.17) is 4.74 Å². The van der Waals surface area contributed by atoms with E-state index < -0.39 is 0 Å². The highest BCUT2D eigenvalue weighted by Gasteiger charge is 2.30. The molecule has 3 heterocycles. The molecule has 2 unspecified atom stereocenters. The number of nitrogens with one attached hydrogen (secondary N) is 1. The summed E-state index contributed by atoms with van der Waals surface area (Å²) in [4.78, 5) is 22.7. The number of nitrogens with zero attached hydrogens (tertiary/aromatic N) is 3. The van der Waals surface area contributed by atoms with Crippen molar-refractivity contribution in [3.8, 4) is 0 Å². The first-order chi connectivity index (χ1) is 11.7. The van der Waals surface area contributed by atoms with Crippen LogP contribution in [0.3, 0.4) is 0 Å². The molecular weight excluding hydrogens is 324 g/mol. The van der Waals surface area contributed by atoms with E-state index in [9.17, 15) is 4.79 Å². The topological polar surface area (TPSA) is 69.0 Å². The number of fused-ring (bicyclic) bond motifs is 1. The smallest absolute Gasteiger partial charge is 0.235 e. The van der Waals surface area contributed by atoms with E-state index in [1.807, 2.05) is 17.8 Å². The minimum absolute atomic E-state index is 0.0137. The molecule has 2 aromatic rings. The van der Waals surface area contributed by atoms with Crippen LogP contribution in [0.25, 0.3) is 0 Å². The molecule has 1 N–H and O–H groups in total. The Morgan fingerprint density at radius 3 is 3.21 bits per heavy atom. The lowest BCUT2D eigenvalue weighted by Crippen LogP contribution is -2.25. The van der Waals surface area contributed by atoms with Gasteiger partial charge in [-0.2, -0.15) is 0 Å². The number of ether oxygens (including phenoxy) is 1. The second kappa shape index (κ2) is 6.64. The predicted molar refractivity (Wildman–Crippen MR) is 92.3 cm³/mol. The third-order valence-corrected chi connectivity index (χ3v) is 5.88. The van der Waals surface area contributed by atoms with Crippen LogP contribution in [0.1, 0.15) is 41.4 Å². The second-order valence-electron chi connectivity index (χ2n) is 6.69. The maximum atomic E-state index is 12.7. The van der Waals surface area contributed by atoms with Crippen LogP contribution in [0.15, 0.2) is 12.5 Å². The number of hydrogen-bond acceptors (Lipinski definition) is 5. The molecule has 1 amide bonds. The van der Waals surface area contributed by atoms with Crippen LogP contribution >= 0.6 is 11.3 Å². The lowest BCUT2D eigenvalue weighted by molar-refractivity contribution is -0.118. The monoisotopic (exact) mass is 346 g/mol. The fourth-order valence-corrected chi connectivity index (χ4v) is 4.55. The molecule has 4 rings (SSSR count). The number of amides is 1. The van der Waals surface area contributed by atoms with Crippen LogP contribution in [0.2, 0.25) is 0 Å². The Balaban J connectivity index is 1.42. The summed E-state index contributed by atoms with van der Waals surface area (Å²) in [5.74, 6) is 0.439. The Kier molecular flexibility index (Phi) is 4.37. The molecule has 1 aliphatic carbocycles. The summed E-state index contributed by atoms with van der Waals surface area (Å²) >= 11 is 1.57. The van der Waals surface area contributed by atoms with Gasteiger partial charge in [0.2, 0.25) is 5.91 Å². The Morgan fingerprint density at radius 1 is 1.46 bits per heavy atom. The summed E-state index contributed by atoms with van der Waals surface area (Å²) in [6, 6.07) is 0. The second-order valence-corrected chi connectivity index (χ2v) is 7.80. The summed E-state index contributed by atoms with van der Waals surface area (Å²) in [5.41, 5.74) is 2.11. The number of thiazole rings is 1.